The quantitative estimate of drug-likeness (QED) is 0.284. The van der Waals surface area contributed by atoms with E-state index in [0.29, 0.717) is 32.7 Å². The van der Waals surface area contributed by atoms with E-state index in [2.05, 4.69) is 10.6 Å². The Morgan fingerprint density at radius 3 is 1.97 bits per heavy atom. The predicted octanol–water partition coefficient (Wildman–Crippen LogP) is 7.02. The van der Waals surface area contributed by atoms with E-state index < -0.39 is 11.8 Å². The fourth-order valence-electron chi connectivity index (χ4n) is 3.73. The molecule has 4 aromatic carbocycles. The monoisotopic (exact) mass is 504 g/mol. The third-order valence-corrected chi connectivity index (χ3v) is 5.99. The number of carbonyl (C=O) groups is 2. The zero-order valence-electron chi connectivity index (χ0n) is 18.8. The lowest BCUT2D eigenvalue weighted by Crippen LogP contribution is -2.23. The maximum absolute atomic E-state index is 13.5. The van der Waals surface area contributed by atoms with E-state index in [-0.39, 0.29) is 5.91 Å². The number of carbonyl (C=O) groups excluding carboxylic acids is 2. The molecule has 0 fully saturated rings. The van der Waals surface area contributed by atoms with E-state index >= 15 is 0 Å². The molecule has 0 unspecified atom stereocenters. The van der Waals surface area contributed by atoms with Gasteiger partial charge in [-0.3, -0.25) is 9.59 Å². The zero-order valence-corrected chi connectivity index (χ0v) is 20.3. The van der Waals surface area contributed by atoms with Crippen molar-refractivity contribution in [2.45, 2.75) is 5.92 Å². The Hall–Kier alpha value is -3.80. The van der Waals surface area contributed by atoms with Gasteiger partial charge in [-0.2, -0.15) is 0 Å². The van der Waals surface area contributed by atoms with Crippen molar-refractivity contribution in [1.82, 2.24) is 0 Å². The standard InChI is InChI=1S/C28H22Cl2N2O3/c1-35-25-15-12-20(27(33)31-23-17-21(29)13-14-22(23)30)16-24(25)32-28(34)26(18-8-4-2-5-9-18)19-10-6-3-7-11-19/h2-17,26H,1H3,(H,31,33)(H,32,34). The number of hydrogen-bond acceptors (Lipinski definition) is 3. The van der Waals surface area contributed by atoms with Crippen LogP contribution < -0.4 is 15.4 Å². The second-order valence-electron chi connectivity index (χ2n) is 7.74. The first kappa shape index (κ1) is 24.3. The molecule has 35 heavy (non-hydrogen) atoms. The number of halogens is 2. The van der Waals surface area contributed by atoms with E-state index in [0.717, 1.165) is 11.1 Å². The van der Waals surface area contributed by atoms with Crippen molar-refractivity contribution in [3.05, 3.63) is 124 Å². The number of rotatable bonds is 7. The van der Waals surface area contributed by atoms with Crippen LogP contribution in [0, 0.1) is 0 Å². The molecule has 0 atom stereocenters. The molecule has 0 saturated carbocycles. The molecule has 0 heterocycles. The minimum atomic E-state index is -0.551. The third-order valence-electron chi connectivity index (χ3n) is 5.42. The number of anilines is 2. The van der Waals surface area contributed by atoms with E-state index in [1.807, 2.05) is 60.7 Å². The van der Waals surface area contributed by atoms with Gasteiger partial charge in [-0.05, 0) is 47.5 Å². The SMILES string of the molecule is COc1ccc(C(=O)Nc2cc(Cl)ccc2Cl)cc1NC(=O)C(c1ccccc1)c1ccccc1. The largest absolute Gasteiger partial charge is 0.495 e. The molecule has 0 spiro atoms. The van der Waals surface area contributed by atoms with E-state index in [1.54, 1.807) is 36.4 Å². The summed E-state index contributed by atoms with van der Waals surface area (Å²) in [6.45, 7) is 0. The van der Waals surface area contributed by atoms with Gasteiger partial charge in [0.2, 0.25) is 5.91 Å². The summed E-state index contributed by atoms with van der Waals surface area (Å²) in [6, 6.07) is 28.6. The molecule has 4 rings (SSSR count). The fourth-order valence-corrected chi connectivity index (χ4v) is 4.06. The van der Waals surface area contributed by atoms with Gasteiger partial charge in [0.1, 0.15) is 5.75 Å². The normalized spacial score (nSPS) is 10.6. The molecular formula is C28H22Cl2N2O3. The number of nitrogens with one attached hydrogen (secondary N) is 2. The maximum atomic E-state index is 13.5. The first-order valence-corrected chi connectivity index (χ1v) is 11.6. The summed E-state index contributed by atoms with van der Waals surface area (Å²) < 4.78 is 5.44. The Morgan fingerprint density at radius 2 is 1.37 bits per heavy atom. The summed E-state index contributed by atoms with van der Waals surface area (Å²) in [5.41, 5.74) is 2.77. The fraction of sp³-hybridized carbons (Fsp3) is 0.0714. The van der Waals surface area contributed by atoms with Gasteiger partial charge in [0, 0.05) is 10.6 Å². The van der Waals surface area contributed by atoms with Crippen LogP contribution >= 0.6 is 23.2 Å². The van der Waals surface area contributed by atoms with Crippen LogP contribution in [0.3, 0.4) is 0 Å². The molecule has 4 aromatic rings. The summed E-state index contributed by atoms with van der Waals surface area (Å²) in [6.07, 6.45) is 0. The number of methoxy groups -OCH3 is 1. The summed E-state index contributed by atoms with van der Waals surface area (Å²) in [5, 5.41) is 6.50. The minimum Gasteiger partial charge on any atom is -0.495 e. The Bertz CT molecular complexity index is 1310. The van der Waals surface area contributed by atoms with Gasteiger partial charge in [0.25, 0.3) is 5.91 Å². The lowest BCUT2D eigenvalue weighted by Gasteiger charge is -2.19. The van der Waals surface area contributed by atoms with Gasteiger partial charge in [-0.25, -0.2) is 0 Å². The van der Waals surface area contributed by atoms with Crippen LogP contribution in [0.2, 0.25) is 10.0 Å². The van der Waals surface area contributed by atoms with Crippen molar-refractivity contribution in [2.75, 3.05) is 17.7 Å². The molecule has 2 N–H and O–H groups in total. The molecule has 0 aliphatic heterocycles. The molecule has 176 valence electrons. The molecule has 7 heteroatoms. The molecule has 5 nitrogen and oxygen atoms in total. The Balaban J connectivity index is 1.63. The molecule has 0 radical (unpaired) electrons. The highest BCUT2D eigenvalue weighted by atomic mass is 35.5. The zero-order chi connectivity index (χ0) is 24.8. The number of amides is 2. The second kappa shape index (κ2) is 11.1. The van der Waals surface area contributed by atoms with Crippen molar-refractivity contribution in [3.8, 4) is 5.75 Å². The highest BCUT2D eigenvalue weighted by molar-refractivity contribution is 6.35. The van der Waals surface area contributed by atoms with Crippen molar-refractivity contribution in [2.24, 2.45) is 0 Å². The van der Waals surface area contributed by atoms with Crippen LogP contribution in [0.4, 0.5) is 11.4 Å². The van der Waals surface area contributed by atoms with Crippen LogP contribution in [0.5, 0.6) is 5.75 Å². The Labute approximate surface area is 213 Å². The van der Waals surface area contributed by atoms with E-state index in [9.17, 15) is 9.59 Å². The summed E-state index contributed by atoms with van der Waals surface area (Å²) in [4.78, 5) is 26.5. The number of hydrogen-bond donors (Lipinski definition) is 2. The van der Waals surface area contributed by atoms with Gasteiger partial charge in [-0.1, -0.05) is 83.9 Å². The van der Waals surface area contributed by atoms with Crippen LogP contribution in [0.25, 0.3) is 0 Å². The summed E-state index contributed by atoms with van der Waals surface area (Å²) >= 11 is 12.2. The highest BCUT2D eigenvalue weighted by Crippen LogP contribution is 2.31. The van der Waals surface area contributed by atoms with Gasteiger partial charge in [0.15, 0.2) is 0 Å². The van der Waals surface area contributed by atoms with Crippen LogP contribution in [-0.2, 0) is 4.79 Å². The molecule has 0 aromatic heterocycles. The molecular weight excluding hydrogens is 483 g/mol. The Kier molecular flexibility index (Phi) is 7.70. The lowest BCUT2D eigenvalue weighted by molar-refractivity contribution is -0.116. The molecule has 2 amide bonds. The highest BCUT2D eigenvalue weighted by Gasteiger charge is 2.24. The summed E-state index contributed by atoms with van der Waals surface area (Å²) in [7, 11) is 1.50. The van der Waals surface area contributed by atoms with Crippen molar-refractivity contribution in [3.63, 3.8) is 0 Å². The number of ether oxygens (including phenoxy) is 1. The van der Waals surface area contributed by atoms with Gasteiger partial charge in [0.05, 0.1) is 29.4 Å². The summed E-state index contributed by atoms with van der Waals surface area (Å²) in [5.74, 6) is -0.786. The lowest BCUT2D eigenvalue weighted by atomic mass is 9.90. The maximum Gasteiger partial charge on any atom is 0.255 e. The van der Waals surface area contributed by atoms with Crippen molar-refractivity contribution in [1.29, 1.82) is 0 Å². The molecule has 0 aliphatic carbocycles. The smallest absolute Gasteiger partial charge is 0.255 e. The minimum absolute atomic E-state index is 0.254. The predicted molar refractivity (Wildman–Crippen MR) is 141 cm³/mol. The average Bonchev–Trinajstić information content (AvgIpc) is 2.87. The molecule has 0 bridgehead atoms. The molecule has 0 saturated heterocycles. The third kappa shape index (κ3) is 5.83. The van der Waals surface area contributed by atoms with E-state index in [4.69, 9.17) is 27.9 Å². The first-order chi connectivity index (χ1) is 17.0. The molecule has 0 aliphatic rings. The van der Waals surface area contributed by atoms with Crippen molar-refractivity contribution < 1.29 is 14.3 Å². The Morgan fingerprint density at radius 1 is 0.743 bits per heavy atom. The van der Waals surface area contributed by atoms with Crippen LogP contribution in [-0.4, -0.2) is 18.9 Å². The van der Waals surface area contributed by atoms with Crippen LogP contribution in [0.15, 0.2) is 97.1 Å². The van der Waals surface area contributed by atoms with Gasteiger partial charge < -0.3 is 15.4 Å². The second-order valence-corrected chi connectivity index (χ2v) is 8.58. The van der Waals surface area contributed by atoms with E-state index in [1.165, 1.54) is 7.11 Å². The van der Waals surface area contributed by atoms with Gasteiger partial charge in [-0.15, -0.1) is 0 Å². The topological polar surface area (TPSA) is 67.4 Å². The average molecular weight is 505 g/mol. The number of benzene rings is 4. The van der Waals surface area contributed by atoms with Gasteiger partial charge >= 0.3 is 0 Å². The van der Waals surface area contributed by atoms with Crippen LogP contribution in [0.1, 0.15) is 27.4 Å². The first-order valence-electron chi connectivity index (χ1n) is 10.8. The van der Waals surface area contributed by atoms with Crippen molar-refractivity contribution >= 4 is 46.4 Å².